The van der Waals surface area contributed by atoms with Crippen molar-refractivity contribution in [1.29, 1.82) is 0 Å². The highest BCUT2D eigenvalue weighted by atomic mass is 32.1. The topological polar surface area (TPSA) is 44.2 Å². The summed E-state index contributed by atoms with van der Waals surface area (Å²) < 4.78 is 13.0. The Hall–Kier alpha value is -0.975. The first-order valence-corrected chi connectivity index (χ1v) is 6.78. The van der Waals surface area contributed by atoms with E-state index in [-0.39, 0.29) is 11.2 Å². The van der Waals surface area contributed by atoms with Gasteiger partial charge < -0.3 is 9.31 Å². The molecule has 3 rings (SSSR count). The molecule has 0 aliphatic carbocycles. The smallest absolute Gasteiger partial charge is 0.398 e. The number of pyridine rings is 1. The minimum Gasteiger partial charge on any atom is -0.398 e. The third-order valence-corrected chi connectivity index (χ3v) is 4.67. The zero-order valence-electron chi connectivity index (χ0n) is 10.9. The lowest BCUT2D eigenvalue weighted by Crippen LogP contribution is -2.41. The van der Waals surface area contributed by atoms with Gasteiger partial charge in [0.15, 0.2) is 5.65 Å². The molecule has 2 aromatic heterocycles. The molecule has 4 nitrogen and oxygen atoms in total. The van der Waals surface area contributed by atoms with E-state index in [0.29, 0.717) is 0 Å². The van der Waals surface area contributed by atoms with Crippen LogP contribution in [-0.4, -0.2) is 28.3 Å². The summed E-state index contributed by atoms with van der Waals surface area (Å²) in [5, 5.41) is 0. The predicted molar refractivity (Wildman–Crippen MR) is 73.1 cm³/mol. The lowest BCUT2D eigenvalue weighted by atomic mass is 9.90. The first kappa shape index (κ1) is 12.1. The van der Waals surface area contributed by atoms with Crippen molar-refractivity contribution >= 4 is 33.7 Å². The Morgan fingerprint density at radius 3 is 2.44 bits per heavy atom. The fraction of sp³-hybridized carbons (Fsp3) is 0.500. The molecule has 0 atom stereocenters. The molecule has 0 spiro atoms. The normalized spacial score (nSPS) is 21.7. The highest BCUT2D eigenvalue weighted by molar-refractivity contribution is 7.27. The van der Waals surface area contributed by atoms with Gasteiger partial charge in [-0.2, -0.15) is 0 Å². The van der Waals surface area contributed by atoms with E-state index < -0.39 is 7.12 Å². The molecule has 1 aliphatic heterocycles. The number of thiazole rings is 1. The molecular weight excluding hydrogens is 247 g/mol. The fourth-order valence-corrected chi connectivity index (χ4v) is 2.72. The molecule has 18 heavy (non-hydrogen) atoms. The summed E-state index contributed by atoms with van der Waals surface area (Å²) in [7, 11) is -0.394. The van der Waals surface area contributed by atoms with Crippen molar-refractivity contribution in [2.45, 2.75) is 38.9 Å². The van der Waals surface area contributed by atoms with Crippen LogP contribution in [-0.2, 0) is 9.31 Å². The standard InChI is InChI=1S/C12H15BN2O2S/c1-11(2)12(3,4)17-13(16-11)10-15-9-8(18-10)6-5-7-14-9/h5-7H,1-4H3. The molecule has 2 aromatic rings. The predicted octanol–water partition coefficient (Wildman–Crippen LogP) is 1.99. The van der Waals surface area contributed by atoms with Crippen molar-refractivity contribution in [3.8, 4) is 0 Å². The number of fused-ring (bicyclic) bond motifs is 1. The van der Waals surface area contributed by atoms with E-state index in [1.54, 1.807) is 17.5 Å². The van der Waals surface area contributed by atoms with Gasteiger partial charge in [0.1, 0.15) is 4.91 Å². The SMILES string of the molecule is CC1(C)OB(c2nc3ncccc3s2)OC1(C)C. The molecule has 0 amide bonds. The Labute approximate surface area is 110 Å². The first-order chi connectivity index (χ1) is 8.39. The molecule has 0 radical (unpaired) electrons. The number of nitrogens with zero attached hydrogens (tertiary/aromatic N) is 2. The maximum Gasteiger partial charge on any atom is 0.525 e. The molecule has 1 aliphatic rings. The van der Waals surface area contributed by atoms with Crippen LogP contribution in [0.1, 0.15) is 27.7 Å². The fourth-order valence-electron chi connectivity index (χ4n) is 1.83. The third kappa shape index (κ3) is 1.76. The van der Waals surface area contributed by atoms with E-state index in [9.17, 15) is 0 Å². The lowest BCUT2D eigenvalue weighted by Gasteiger charge is -2.32. The molecular formula is C12H15BN2O2S. The Morgan fingerprint density at radius 1 is 1.17 bits per heavy atom. The average Bonchev–Trinajstić information content (AvgIpc) is 2.78. The van der Waals surface area contributed by atoms with Gasteiger partial charge >= 0.3 is 7.12 Å². The van der Waals surface area contributed by atoms with Crippen molar-refractivity contribution in [3.05, 3.63) is 18.3 Å². The van der Waals surface area contributed by atoms with Crippen molar-refractivity contribution in [2.75, 3.05) is 0 Å². The molecule has 0 N–H and O–H groups in total. The van der Waals surface area contributed by atoms with Crippen molar-refractivity contribution in [2.24, 2.45) is 0 Å². The van der Waals surface area contributed by atoms with Crippen molar-refractivity contribution in [3.63, 3.8) is 0 Å². The molecule has 6 heteroatoms. The molecule has 3 heterocycles. The highest BCUT2D eigenvalue weighted by Crippen LogP contribution is 2.36. The summed E-state index contributed by atoms with van der Waals surface area (Å²) in [6, 6.07) is 3.92. The van der Waals surface area contributed by atoms with E-state index in [1.165, 1.54) is 0 Å². The number of hydrogen-bond donors (Lipinski definition) is 0. The zero-order valence-corrected chi connectivity index (χ0v) is 11.7. The van der Waals surface area contributed by atoms with Crippen LogP contribution in [0.5, 0.6) is 0 Å². The van der Waals surface area contributed by atoms with Crippen LogP contribution in [0.3, 0.4) is 0 Å². The van der Waals surface area contributed by atoms with E-state index in [4.69, 9.17) is 9.31 Å². The van der Waals surface area contributed by atoms with Gasteiger partial charge in [0, 0.05) is 6.20 Å². The second-order valence-corrected chi connectivity index (χ2v) is 6.53. The van der Waals surface area contributed by atoms with Crippen LogP contribution in [0, 0.1) is 0 Å². The maximum absolute atomic E-state index is 5.98. The van der Waals surface area contributed by atoms with Crippen LogP contribution in [0.4, 0.5) is 0 Å². The first-order valence-electron chi connectivity index (χ1n) is 5.96. The molecule has 0 unspecified atom stereocenters. The van der Waals surface area contributed by atoms with Gasteiger partial charge in [-0.15, -0.1) is 11.3 Å². The van der Waals surface area contributed by atoms with Crippen molar-refractivity contribution in [1.82, 2.24) is 9.97 Å². The van der Waals surface area contributed by atoms with E-state index in [2.05, 4.69) is 9.97 Å². The minimum absolute atomic E-state index is 0.330. The Kier molecular flexibility index (Phi) is 2.52. The zero-order chi connectivity index (χ0) is 13.0. The second kappa shape index (κ2) is 3.76. The molecule has 94 valence electrons. The largest absolute Gasteiger partial charge is 0.525 e. The van der Waals surface area contributed by atoms with Crippen LogP contribution < -0.4 is 4.91 Å². The summed E-state index contributed by atoms with van der Waals surface area (Å²) in [6.07, 6.45) is 1.75. The quantitative estimate of drug-likeness (QED) is 0.737. The van der Waals surface area contributed by atoms with Gasteiger partial charge in [-0.05, 0) is 39.8 Å². The van der Waals surface area contributed by atoms with Crippen LogP contribution in [0.2, 0.25) is 0 Å². The Balaban J connectivity index is 1.97. The van der Waals surface area contributed by atoms with E-state index >= 15 is 0 Å². The van der Waals surface area contributed by atoms with Crippen LogP contribution >= 0.6 is 11.3 Å². The molecule has 0 aromatic carbocycles. The van der Waals surface area contributed by atoms with E-state index in [1.807, 2.05) is 39.8 Å². The summed E-state index contributed by atoms with van der Waals surface area (Å²) >= 11 is 1.57. The second-order valence-electron chi connectivity index (χ2n) is 5.47. The minimum atomic E-state index is -0.394. The maximum atomic E-state index is 5.98. The highest BCUT2D eigenvalue weighted by Gasteiger charge is 2.53. The van der Waals surface area contributed by atoms with Gasteiger partial charge in [0.2, 0.25) is 0 Å². The summed E-state index contributed by atoms with van der Waals surface area (Å²) in [6.45, 7) is 8.16. The number of aromatic nitrogens is 2. The summed E-state index contributed by atoms with van der Waals surface area (Å²) in [4.78, 5) is 9.55. The number of rotatable bonds is 1. The van der Waals surface area contributed by atoms with Gasteiger partial charge in [-0.3, -0.25) is 0 Å². The van der Waals surface area contributed by atoms with Gasteiger partial charge in [-0.1, -0.05) is 0 Å². The Morgan fingerprint density at radius 2 is 1.83 bits per heavy atom. The molecule has 0 bridgehead atoms. The monoisotopic (exact) mass is 262 g/mol. The van der Waals surface area contributed by atoms with E-state index in [0.717, 1.165) is 15.3 Å². The summed E-state index contributed by atoms with van der Waals surface area (Å²) in [5.41, 5.74) is 0.0959. The van der Waals surface area contributed by atoms with Crippen molar-refractivity contribution < 1.29 is 9.31 Å². The van der Waals surface area contributed by atoms with Gasteiger partial charge in [-0.25, -0.2) is 9.97 Å². The lowest BCUT2D eigenvalue weighted by molar-refractivity contribution is 0.00578. The number of hydrogen-bond acceptors (Lipinski definition) is 5. The third-order valence-electron chi connectivity index (χ3n) is 3.64. The summed E-state index contributed by atoms with van der Waals surface area (Å²) in [5.74, 6) is 0. The van der Waals surface area contributed by atoms with Crippen LogP contribution in [0.25, 0.3) is 10.3 Å². The average molecular weight is 262 g/mol. The van der Waals surface area contributed by atoms with Gasteiger partial charge in [0.25, 0.3) is 0 Å². The molecule has 1 saturated heterocycles. The molecule has 0 saturated carbocycles. The van der Waals surface area contributed by atoms with Crippen LogP contribution in [0.15, 0.2) is 18.3 Å². The molecule has 1 fully saturated rings. The Bertz CT molecular complexity index is 548. The van der Waals surface area contributed by atoms with Gasteiger partial charge in [0.05, 0.1) is 15.9 Å².